The number of carbonyl (C=O) groups is 1. The SMILES string of the molecule is CCC1(CC)C[C@H](NC(=O)c2ccccc2NS(=O)(=O)c2ccccc2)c2ccccc2O1. The maximum absolute atomic E-state index is 13.4. The molecule has 0 unspecified atom stereocenters. The summed E-state index contributed by atoms with van der Waals surface area (Å²) >= 11 is 0. The zero-order valence-corrected chi connectivity index (χ0v) is 19.6. The number of ether oxygens (including phenoxy) is 1. The van der Waals surface area contributed by atoms with Gasteiger partial charge in [-0.2, -0.15) is 0 Å². The predicted octanol–water partition coefficient (Wildman–Crippen LogP) is 5.30. The molecule has 3 aromatic rings. The maximum Gasteiger partial charge on any atom is 0.261 e. The summed E-state index contributed by atoms with van der Waals surface area (Å²) in [5.41, 5.74) is 1.06. The van der Waals surface area contributed by atoms with Crippen molar-refractivity contribution in [2.45, 2.75) is 49.6 Å². The molecule has 33 heavy (non-hydrogen) atoms. The summed E-state index contributed by atoms with van der Waals surface area (Å²) in [6.07, 6.45) is 2.27. The van der Waals surface area contributed by atoms with Crippen LogP contribution in [0, 0.1) is 0 Å². The summed E-state index contributed by atoms with van der Waals surface area (Å²) in [6, 6.07) is 22.2. The molecule has 3 aromatic carbocycles. The van der Waals surface area contributed by atoms with Crippen LogP contribution < -0.4 is 14.8 Å². The first kappa shape index (κ1) is 22.9. The van der Waals surface area contributed by atoms with Crippen molar-refractivity contribution in [3.05, 3.63) is 90.0 Å². The van der Waals surface area contributed by atoms with E-state index in [0.717, 1.165) is 24.2 Å². The number of hydrogen-bond donors (Lipinski definition) is 2. The van der Waals surface area contributed by atoms with Gasteiger partial charge in [0.2, 0.25) is 0 Å². The van der Waals surface area contributed by atoms with E-state index in [1.54, 1.807) is 42.5 Å². The minimum atomic E-state index is -3.83. The van der Waals surface area contributed by atoms with Gasteiger partial charge in [-0.1, -0.05) is 62.4 Å². The van der Waals surface area contributed by atoms with Crippen molar-refractivity contribution < 1.29 is 17.9 Å². The number of para-hydroxylation sites is 2. The highest BCUT2D eigenvalue weighted by molar-refractivity contribution is 7.92. The molecule has 7 heteroatoms. The number of nitrogens with one attached hydrogen (secondary N) is 2. The van der Waals surface area contributed by atoms with E-state index < -0.39 is 10.0 Å². The second-order valence-corrected chi connectivity index (χ2v) is 9.91. The fraction of sp³-hybridized carbons (Fsp3) is 0.269. The van der Waals surface area contributed by atoms with E-state index >= 15 is 0 Å². The Morgan fingerprint density at radius 3 is 2.30 bits per heavy atom. The van der Waals surface area contributed by atoms with Crippen LogP contribution in [0.25, 0.3) is 0 Å². The number of amides is 1. The van der Waals surface area contributed by atoms with Crippen molar-refractivity contribution >= 4 is 21.6 Å². The molecule has 0 aromatic heterocycles. The van der Waals surface area contributed by atoms with Gasteiger partial charge in [-0.05, 0) is 43.2 Å². The van der Waals surface area contributed by atoms with Crippen molar-refractivity contribution in [3.63, 3.8) is 0 Å². The largest absolute Gasteiger partial charge is 0.487 e. The van der Waals surface area contributed by atoms with E-state index in [9.17, 15) is 13.2 Å². The van der Waals surface area contributed by atoms with Gasteiger partial charge in [0.25, 0.3) is 15.9 Å². The molecule has 6 nitrogen and oxygen atoms in total. The van der Waals surface area contributed by atoms with E-state index in [0.29, 0.717) is 6.42 Å². The lowest BCUT2D eigenvalue weighted by molar-refractivity contribution is 0.0227. The molecule has 172 valence electrons. The zero-order chi connectivity index (χ0) is 23.5. The Bertz CT molecular complexity index is 1240. The van der Waals surface area contributed by atoms with Crippen LogP contribution in [0.4, 0.5) is 5.69 Å². The molecule has 0 radical (unpaired) electrons. The molecular formula is C26H28N2O4S. The first-order valence-electron chi connectivity index (χ1n) is 11.1. The molecule has 1 heterocycles. The fourth-order valence-corrected chi connectivity index (χ4v) is 5.34. The summed E-state index contributed by atoms with van der Waals surface area (Å²) in [5, 5.41) is 3.13. The Hall–Kier alpha value is -3.32. The Balaban J connectivity index is 1.62. The van der Waals surface area contributed by atoms with Crippen molar-refractivity contribution in [3.8, 4) is 5.75 Å². The van der Waals surface area contributed by atoms with E-state index in [4.69, 9.17) is 4.74 Å². The van der Waals surface area contributed by atoms with Crippen LogP contribution in [0.5, 0.6) is 5.75 Å². The van der Waals surface area contributed by atoms with Crippen LogP contribution in [0.1, 0.15) is 55.1 Å². The Kier molecular flexibility index (Phi) is 6.42. The molecule has 0 saturated carbocycles. The van der Waals surface area contributed by atoms with Gasteiger partial charge in [-0.3, -0.25) is 9.52 Å². The molecule has 0 aliphatic carbocycles. The van der Waals surface area contributed by atoms with E-state index in [1.807, 2.05) is 24.3 Å². The summed E-state index contributed by atoms with van der Waals surface area (Å²) in [7, 11) is -3.83. The molecule has 1 amide bonds. The molecular weight excluding hydrogens is 436 g/mol. The number of carbonyl (C=O) groups excluding carboxylic acids is 1. The molecule has 0 fully saturated rings. The third-order valence-corrected chi connectivity index (χ3v) is 7.64. The quantitative estimate of drug-likeness (QED) is 0.497. The maximum atomic E-state index is 13.4. The number of sulfonamides is 1. The highest BCUT2D eigenvalue weighted by atomic mass is 32.2. The van der Waals surface area contributed by atoms with Gasteiger partial charge in [0.15, 0.2) is 0 Å². The van der Waals surface area contributed by atoms with E-state index in [1.165, 1.54) is 12.1 Å². The summed E-state index contributed by atoms with van der Waals surface area (Å²) in [4.78, 5) is 13.5. The molecule has 0 bridgehead atoms. The number of fused-ring (bicyclic) bond motifs is 1. The minimum absolute atomic E-state index is 0.134. The van der Waals surface area contributed by atoms with Crippen LogP contribution >= 0.6 is 0 Å². The van der Waals surface area contributed by atoms with Gasteiger partial charge in [-0.15, -0.1) is 0 Å². The van der Waals surface area contributed by atoms with Crippen LogP contribution in [0.15, 0.2) is 83.8 Å². The zero-order valence-electron chi connectivity index (χ0n) is 18.7. The summed E-state index contributed by atoms with van der Waals surface area (Å²) in [5.74, 6) is 0.431. The van der Waals surface area contributed by atoms with Gasteiger partial charge in [0.05, 0.1) is 22.2 Å². The summed E-state index contributed by atoms with van der Waals surface area (Å²) < 4.78 is 34.6. The third kappa shape index (κ3) is 4.73. The normalized spacial score (nSPS) is 16.8. The number of rotatable bonds is 7. The standard InChI is InChI=1S/C26H28N2O4S/c1-3-26(4-2)18-23(20-14-9-11-17-24(20)32-26)27-25(29)21-15-8-10-16-22(21)28-33(30,31)19-12-6-5-7-13-19/h5-17,23,28H,3-4,18H2,1-2H3,(H,27,29)/t23-/m0/s1. The summed E-state index contributed by atoms with van der Waals surface area (Å²) in [6.45, 7) is 4.17. The molecule has 0 saturated heterocycles. The Labute approximate surface area is 195 Å². The first-order valence-corrected chi connectivity index (χ1v) is 12.6. The number of hydrogen-bond acceptors (Lipinski definition) is 4. The third-order valence-electron chi connectivity index (χ3n) is 6.26. The monoisotopic (exact) mass is 464 g/mol. The molecule has 1 atom stereocenters. The lowest BCUT2D eigenvalue weighted by Gasteiger charge is -2.41. The molecule has 1 aliphatic heterocycles. The van der Waals surface area contributed by atoms with E-state index in [-0.39, 0.29) is 33.7 Å². The molecule has 1 aliphatic rings. The van der Waals surface area contributed by atoms with Crippen LogP contribution in [-0.4, -0.2) is 19.9 Å². The second kappa shape index (κ2) is 9.27. The van der Waals surface area contributed by atoms with Gasteiger partial charge in [-0.25, -0.2) is 8.42 Å². The predicted molar refractivity (Wildman–Crippen MR) is 129 cm³/mol. The lowest BCUT2D eigenvalue weighted by atomic mass is 9.83. The Morgan fingerprint density at radius 2 is 1.58 bits per heavy atom. The van der Waals surface area contributed by atoms with Gasteiger partial charge >= 0.3 is 0 Å². The lowest BCUT2D eigenvalue weighted by Crippen LogP contribution is -2.44. The van der Waals surface area contributed by atoms with Crippen LogP contribution in [0.2, 0.25) is 0 Å². The van der Waals surface area contributed by atoms with Crippen molar-refractivity contribution in [2.24, 2.45) is 0 Å². The second-order valence-electron chi connectivity index (χ2n) is 8.22. The highest BCUT2D eigenvalue weighted by Gasteiger charge is 2.39. The number of anilines is 1. The van der Waals surface area contributed by atoms with Crippen molar-refractivity contribution in [2.75, 3.05) is 4.72 Å². The first-order chi connectivity index (χ1) is 15.9. The minimum Gasteiger partial charge on any atom is -0.487 e. The van der Waals surface area contributed by atoms with Crippen LogP contribution in [0.3, 0.4) is 0 Å². The average molecular weight is 465 g/mol. The van der Waals surface area contributed by atoms with E-state index in [2.05, 4.69) is 23.9 Å². The highest BCUT2D eigenvalue weighted by Crippen LogP contribution is 2.42. The smallest absolute Gasteiger partial charge is 0.261 e. The van der Waals surface area contributed by atoms with Crippen molar-refractivity contribution in [1.82, 2.24) is 5.32 Å². The topological polar surface area (TPSA) is 84.5 Å². The average Bonchev–Trinajstić information content (AvgIpc) is 2.84. The van der Waals surface area contributed by atoms with Crippen molar-refractivity contribution in [1.29, 1.82) is 0 Å². The van der Waals surface area contributed by atoms with Crippen LogP contribution in [-0.2, 0) is 10.0 Å². The molecule has 2 N–H and O–H groups in total. The number of benzene rings is 3. The van der Waals surface area contributed by atoms with Gasteiger partial charge < -0.3 is 10.1 Å². The fourth-order valence-electron chi connectivity index (χ4n) is 4.24. The Morgan fingerprint density at radius 1 is 0.939 bits per heavy atom. The molecule has 0 spiro atoms. The van der Waals surface area contributed by atoms with Gasteiger partial charge in [0.1, 0.15) is 11.4 Å². The molecule has 4 rings (SSSR count). The van der Waals surface area contributed by atoms with Gasteiger partial charge in [0, 0.05) is 12.0 Å².